The van der Waals surface area contributed by atoms with E-state index in [9.17, 15) is 0 Å². The summed E-state index contributed by atoms with van der Waals surface area (Å²) in [5.41, 5.74) is 5.87. The Morgan fingerprint density at radius 3 is 2.09 bits per heavy atom. The maximum atomic E-state index is 5.98. The standard InChI is InChI=1S/C29H32N2O2/c1-4-31(20-24-12-10-22(2)11-13-24)21-25-14-16-27(17-15-25)32-19-18-28-23(3)33-29(30-28)26-8-6-5-7-9-26/h5-17H,4,18-21H2,1-3H3. The summed E-state index contributed by atoms with van der Waals surface area (Å²) in [6.07, 6.45) is 0.712. The van der Waals surface area contributed by atoms with Gasteiger partial charge in [-0.3, -0.25) is 4.90 Å². The van der Waals surface area contributed by atoms with Gasteiger partial charge in [-0.2, -0.15) is 0 Å². The van der Waals surface area contributed by atoms with E-state index in [0.717, 1.165) is 42.4 Å². The number of aromatic nitrogens is 1. The van der Waals surface area contributed by atoms with Crippen LogP contribution < -0.4 is 4.74 Å². The Balaban J connectivity index is 1.28. The number of hydrogen-bond donors (Lipinski definition) is 0. The lowest BCUT2D eigenvalue weighted by Crippen LogP contribution is -2.22. The van der Waals surface area contributed by atoms with E-state index < -0.39 is 0 Å². The van der Waals surface area contributed by atoms with E-state index in [0.29, 0.717) is 18.9 Å². The molecule has 4 aromatic rings. The first-order valence-electron chi connectivity index (χ1n) is 11.6. The van der Waals surface area contributed by atoms with E-state index in [4.69, 9.17) is 9.15 Å². The molecule has 0 amide bonds. The molecule has 3 aromatic carbocycles. The summed E-state index contributed by atoms with van der Waals surface area (Å²) in [6, 6.07) is 27.2. The van der Waals surface area contributed by atoms with Crippen LogP contribution >= 0.6 is 0 Å². The minimum absolute atomic E-state index is 0.565. The van der Waals surface area contributed by atoms with Crippen LogP contribution in [-0.2, 0) is 19.5 Å². The molecule has 0 fully saturated rings. The lowest BCUT2D eigenvalue weighted by atomic mass is 10.1. The van der Waals surface area contributed by atoms with Crippen molar-refractivity contribution in [2.45, 2.75) is 40.3 Å². The van der Waals surface area contributed by atoms with Crippen LogP contribution in [0.15, 0.2) is 83.3 Å². The maximum Gasteiger partial charge on any atom is 0.226 e. The Kier molecular flexibility index (Phi) is 7.59. The number of hydrogen-bond acceptors (Lipinski definition) is 4. The zero-order valence-corrected chi connectivity index (χ0v) is 19.8. The number of oxazole rings is 1. The van der Waals surface area contributed by atoms with Crippen molar-refractivity contribution < 1.29 is 9.15 Å². The molecule has 1 heterocycles. The molecule has 0 bridgehead atoms. The minimum atomic E-state index is 0.565. The van der Waals surface area contributed by atoms with Gasteiger partial charge in [0.25, 0.3) is 0 Å². The monoisotopic (exact) mass is 440 g/mol. The van der Waals surface area contributed by atoms with Gasteiger partial charge in [0.15, 0.2) is 0 Å². The zero-order chi connectivity index (χ0) is 23.0. The smallest absolute Gasteiger partial charge is 0.226 e. The summed E-state index contributed by atoms with van der Waals surface area (Å²) >= 11 is 0. The van der Waals surface area contributed by atoms with Crippen LogP contribution in [-0.4, -0.2) is 23.0 Å². The first kappa shape index (κ1) is 22.8. The molecular weight excluding hydrogens is 408 g/mol. The highest BCUT2D eigenvalue weighted by molar-refractivity contribution is 5.53. The summed E-state index contributed by atoms with van der Waals surface area (Å²) in [4.78, 5) is 7.10. The second kappa shape index (κ2) is 11.0. The summed E-state index contributed by atoms with van der Waals surface area (Å²) in [7, 11) is 0. The third-order valence-electron chi connectivity index (χ3n) is 5.82. The minimum Gasteiger partial charge on any atom is -0.493 e. The van der Waals surface area contributed by atoms with Gasteiger partial charge in [0.1, 0.15) is 11.5 Å². The molecular formula is C29H32N2O2. The summed E-state index contributed by atoms with van der Waals surface area (Å²) < 4.78 is 11.8. The SMILES string of the molecule is CCN(Cc1ccc(C)cc1)Cc1ccc(OCCc2nc(-c3ccccc3)oc2C)cc1. The van der Waals surface area contributed by atoms with Gasteiger partial charge in [0.2, 0.25) is 5.89 Å². The topological polar surface area (TPSA) is 38.5 Å². The largest absolute Gasteiger partial charge is 0.493 e. The molecule has 4 nitrogen and oxygen atoms in total. The van der Waals surface area contributed by atoms with Gasteiger partial charge in [-0.15, -0.1) is 0 Å². The van der Waals surface area contributed by atoms with Crippen LogP contribution in [0.5, 0.6) is 5.75 Å². The molecule has 0 N–H and O–H groups in total. The van der Waals surface area contributed by atoms with E-state index in [2.05, 4.69) is 72.3 Å². The van der Waals surface area contributed by atoms with Crippen LogP contribution in [0.25, 0.3) is 11.5 Å². The van der Waals surface area contributed by atoms with E-state index in [-0.39, 0.29) is 0 Å². The molecule has 0 aliphatic rings. The molecule has 0 spiro atoms. The Bertz CT molecular complexity index is 1130. The fourth-order valence-corrected chi connectivity index (χ4v) is 3.81. The molecule has 1 aromatic heterocycles. The van der Waals surface area contributed by atoms with E-state index in [1.165, 1.54) is 16.7 Å². The lowest BCUT2D eigenvalue weighted by Gasteiger charge is -2.21. The van der Waals surface area contributed by atoms with Crippen molar-refractivity contribution in [3.05, 3.63) is 107 Å². The summed E-state index contributed by atoms with van der Waals surface area (Å²) in [6.45, 7) is 9.74. The number of nitrogens with zero attached hydrogens (tertiary/aromatic N) is 2. The summed E-state index contributed by atoms with van der Waals surface area (Å²) in [5.74, 6) is 2.39. The van der Waals surface area contributed by atoms with Crippen LogP contribution in [0, 0.1) is 13.8 Å². The molecule has 0 aliphatic carbocycles. The first-order chi connectivity index (χ1) is 16.1. The van der Waals surface area contributed by atoms with Crippen molar-refractivity contribution in [1.29, 1.82) is 0 Å². The average molecular weight is 441 g/mol. The molecule has 0 atom stereocenters. The van der Waals surface area contributed by atoms with Gasteiger partial charge < -0.3 is 9.15 Å². The summed E-state index contributed by atoms with van der Waals surface area (Å²) in [5, 5.41) is 0. The van der Waals surface area contributed by atoms with Crippen molar-refractivity contribution >= 4 is 0 Å². The molecule has 0 saturated carbocycles. The number of rotatable bonds is 10. The van der Waals surface area contributed by atoms with E-state index in [1.54, 1.807) is 0 Å². The molecule has 170 valence electrons. The highest BCUT2D eigenvalue weighted by atomic mass is 16.5. The third-order valence-corrected chi connectivity index (χ3v) is 5.82. The molecule has 4 rings (SSSR count). The van der Waals surface area contributed by atoms with E-state index >= 15 is 0 Å². The normalized spacial score (nSPS) is 11.2. The highest BCUT2D eigenvalue weighted by Gasteiger charge is 2.11. The second-order valence-electron chi connectivity index (χ2n) is 8.42. The van der Waals surface area contributed by atoms with Crippen LogP contribution in [0.2, 0.25) is 0 Å². The lowest BCUT2D eigenvalue weighted by molar-refractivity contribution is 0.271. The Morgan fingerprint density at radius 1 is 0.818 bits per heavy atom. The second-order valence-corrected chi connectivity index (χ2v) is 8.42. The van der Waals surface area contributed by atoms with Gasteiger partial charge in [-0.05, 0) is 55.8 Å². The van der Waals surface area contributed by atoms with E-state index in [1.807, 2.05) is 37.3 Å². The molecule has 0 aliphatic heterocycles. The van der Waals surface area contributed by atoms with Gasteiger partial charge in [0, 0.05) is 25.1 Å². The van der Waals surface area contributed by atoms with Gasteiger partial charge >= 0.3 is 0 Å². The maximum absolute atomic E-state index is 5.98. The zero-order valence-electron chi connectivity index (χ0n) is 19.8. The molecule has 4 heteroatoms. The van der Waals surface area contributed by atoms with Crippen molar-refractivity contribution in [3.63, 3.8) is 0 Å². The average Bonchev–Trinajstić information content (AvgIpc) is 3.22. The predicted octanol–water partition coefficient (Wildman–Crippen LogP) is 6.60. The molecule has 0 radical (unpaired) electrons. The Morgan fingerprint density at radius 2 is 1.45 bits per heavy atom. The number of aryl methyl sites for hydroxylation is 2. The van der Waals surface area contributed by atoms with Gasteiger partial charge in [0.05, 0.1) is 12.3 Å². The van der Waals surface area contributed by atoms with Crippen molar-refractivity contribution in [1.82, 2.24) is 9.88 Å². The van der Waals surface area contributed by atoms with Crippen molar-refractivity contribution in [2.24, 2.45) is 0 Å². The van der Waals surface area contributed by atoms with Crippen LogP contribution in [0.3, 0.4) is 0 Å². The predicted molar refractivity (Wildman–Crippen MR) is 133 cm³/mol. The fraction of sp³-hybridized carbons (Fsp3) is 0.276. The first-order valence-corrected chi connectivity index (χ1v) is 11.6. The number of ether oxygens (including phenoxy) is 1. The van der Waals surface area contributed by atoms with Gasteiger partial charge in [-0.1, -0.05) is 67.1 Å². The third kappa shape index (κ3) is 6.33. The van der Waals surface area contributed by atoms with Crippen LogP contribution in [0.1, 0.15) is 35.1 Å². The Hall–Kier alpha value is -3.37. The quantitative estimate of drug-likeness (QED) is 0.278. The van der Waals surface area contributed by atoms with Crippen LogP contribution in [0.4, 0.5) is 0 Å². The Labute approximate surface area is 196 Å². The van der Waals surface area contributed by atoms with Crippen molar-refractivity contribution in [2.75, 3.05) is 13.2 Å². The fourth-order valence-electron chi connectivity index (χ4n) is 3.81. The molecule has 0 unspecified atom stereocenters. The van der Waals surface area contributed by atoms with Gasteiger partial charge in [-0.25, -0.2) is 4.98 Å². The number of benzene rings is 3. The molecule has 0 saturated heterocycles. The molecule has 33 heavy (non-hydrogen) atoms. The highest BCUT2D eigenvalue weighted by Crippen LogP contribution is 2.22. The van der Waals surface area contributed by atoms with Crippen molar-refractivity contribution in [3.8, 4) is 17.2 Å².